The number of H-pyrrole nitrogens is 1. The standard InChI is InChI=1S/C24H24F3NO3S/c1-32(30,31)8-2-3-19(29)11-14-9-16(10-14)22-20-12-18(26)13-21(27)24(20)28-23(22)15-4-6-17(25)7-5-15/h4-7,12-14,16,28H,2-3,8-11H2,1H3/t14-,16-. The van der Waals surface area contributed by atoms with Crippen molar-refractivity contribution in [3.63, 3.8) is 0 Å². The second kappa shape index (κ2) is 8.73. The van der Waals surface area contributed by atoms with E-state index in [0.717, 1.165) is 17.9 Å². The predicted octanol–water partition coefficient (Wildman–Crippen LogP) is 5.53. The molecule has 32 heavy (non-hydrogen) atoms. The first kappa shape index (κ1) is 22.6. The first-order valence-corrected chi connectivity index (χ1v) is 12.6. The zero-order valence-electron chi connectivity index (χ0n) is 17.6. The fourth-order valence-electron chi connectivity index (χ4n) is 4.60. The first-order chi connectivity index (χ1) is 15.1. The number of fused-ring (bicyclic) bond motifs is 1. The number of nitrogens with one attached hydrogen (secondary N) is 1. The number of ketones is 1. The van der Waals surface area contributed by atoms with Crippen LogP contribution in [0.2, 0.25) is 0 Å². The van der Waals surface area contributed by atoms with Crippen molar-refractivity contribution in [2.24, 2.45) is 5.92 Å². The highest BCUT2D eigenvalue weighted by Gasteiger charge is 2.35. The second-order valence-electron chi connectivity index (χ2n) is 8.74. The Bertz CT molecular complexity index is 1260. The van der Waals surface area contributed by atoms with E-state index in [2.05, 4.69) is 4.98 Å². The van der Waals surface area contributed by atoms with Crippen LogP contribution in [0.4, 0.5) is 13.2 Å². The molecule has 3 aromatic rings. The van der Waals surface area contributed by atoms with E-state index in [1.807, 2.05) is 0 Å². The molecular formula is C24H24F3NO3S. The van der Waals surface area contributed by atoms with Crippen LogP contribution in [0.3, 0.4) is 0 Å². The molecule has 0 saturated heterocycles. The molecule has 1 aromatic heterocycles. The van der Waals surface area contributed by atoms with E-state index < -0.39 is 21.5 Å². The minimum Gasteiger partial charge on any atom is -0.352 e. The van der Waals surface area contributed by atoms with Crippen molar-refractivity contribution >= 4 is 26.5 Å². The van der Waals surface area contributed by atoms with Gasteiger partial charge in [-0.25, -0.2) is 21.6 Å². The lowest BCUT2D eigenvalue weighted by Gasteiger charge is -2.36. The molecule has 0 radical (unpaired) electrons. The van der Waals surface area contributed by atoms with Crippen molar-refractivity contribution in [1.29, 1.82) is 0 Å². The van der Waals surface area contributed by atoms with Gasteiger partial charge in [-0.15, -0.1) is 0 Å². The van der Waals surface area contributed by atoms with Gasteiger partial charge in [-0.3, -0.25) is 4.79 Å². The minimum atomic E-state index is -3.08. The van der Waals surface area contributed by atoms with Crippen molar-refractivity contribution < 1.29 is 26.4 Å². The molecule has 0 amide bonds. The van der Waals surface area contributed by atoms with Crippen LogP contribution in [-0.2, 0) is 14.6 Å². The zero-order valence-corrected chi connectivity index (χ0v) is 18.4. The summed E-state index contributed by atoms with van der Waals surface area (Å²) in [5, 5.41) is 0.463. The maximum atomic E-state index is 14.4. The maximum absolute atomic E-state index is 14.4. The molecule has 0 aliphatic heterocycles. The van der Waals surface area contributed by atoms with Crippen LogP contribution in [0.1, 0.15) is 43.6 Å². The van der Waals surface area contributed by atoms with Gasteiger partial charge < -0.3 is 4.98 Å². The summed E-state index contributed by atoms with van der Waals surface area (Å²) >= 11 is 0. The highest BCUT2D eigenvalue weighted by atomic mass is 32.2. The Morgan fingerprint density at radius 2 is 1.75 bits per heavy atom. The number of sulfone groups is 1. The third-order valence-electron chi connectivity index (χ3n) is 6.13. The van der Waals surface area contributed by atoms with Crippen molar-refractivity contribution in [3.8, 4) is 11.3 Å². The molecule has 170 valence electrons. The number of carbonyl (C=O) groups is 1. The van der Waals surface area contributed by atoms with E-state index in [0.29, 0.717) is 42.3 Å². The molecular weight excluding hydrogens is 439 g/mol. The molecule has 0 bridgehead atoms. The highest BCUT2D eigenvalue weighted by molar-refractivity contribution is 7.90. The number of carbonyl (C=O) groups excluding carboxylic acids is 1. The van der Waals surface area contributed by atoms with E-state index in [9.17, 15) is 26.4 Å². The molecule has 4 nitrogen and oxygen atoms in total. The number of halogens is 3. The molecule has 1 heterocycles. The molecule has 0 atom stereocenters. The summed E-state index contributed by atoms with van der Waals surface area (Å²) in [6.07, 6.45) is 3.47. The Hall–Kier alpha value is -2.61. The van der Waals surface area contributed by atoms with Crippen LogP contribution >= 0.6 is 0 Å². The number of hydrogen-bond acceptors (Lipinski definition) is 3. The monoisotopic (exact) mass is 463 g/mol. The van der Waals surface area contributed by atoms with Gasteiger partial charge in [0.05, 0.1) is 17.0 Å². The Balaban J connectivity index is 1.54. The summed E-state index contributed by atoms with van der Waals surface area (Å²) in [7, 11) is -3.08. The van der Waals surface area contributed by atoms with Gasteiger partial charge in [0, 0.05) is 30.6 Å². The average Bonchev–Trinajstić information content (AvgIpc) is 3.03. The van der Waals surface area contributed by atoms with Gasteiger partial charge in [-0.1, -0.05) is 0 Å². The number of benzene rings is 2. The largest absolute Gasteiger partial charge is 0.352 e. The van der Waals surface area contributed by atoms with Crippen molar-refractivity contribution in [2.45, 2.75) is 38.0 Å². The van der Waals surface area contributed by atoms with Crippen LogP contribution in [0.25, 0.3) is 22.2 Å². The SMILES string of the molecule is CS(=O)(=O)CCCC(=O)C[C@H]1C[C@H](c2c(-c3ccc(F)cc3)[nH]c3c(F)cc(F)cc32)C1. The van der Waals surface area contributed by atoms with Crippen LogP contribution < -0.4 is 0 Å². The molecule has 4 rings (SSSR count). The van der Waals surface area contributed by atoms with E-state index in [1.54, 1.807) is 12.1 Å². The third kappa shape index (κ3) is 4.90. The van der Waals surface area contributed by atoms with Gasteiger partial charge in [-0.2, -0.15) is 0 Å². The maximum Gasteiger partial charge on any atom is 0.150 e. The van der Waals surface area contributed by atoms with E-state index >= 15 is 0 Å². The van der Waals surface area contributed by atoms with Gasteiger partial charge in [0.15, 0.2) is 0 Å². The smallest absolute Gasteiger partial charge is 0.150 e. The van der Waals surface area contributed by atoms with Crippen molar-refractivity contribution in [1.82, 2.24) is 4.98 Å². The van der Waals surface area contributed by atoms with Crippen molar-refractivity contribution in [2.75, 3.05) is 12.0 Å². The number of hydrogen-bond donors (Lipinski definition) is 1. The van der Waals surface area contributed by atoms with Gasteiger partial charge in [0.2, 0.25) is 0 Å². The van der Waals surface area contributed by atoms with E-state index in [-0.39, 0.29) is 41.1 Å². The second-order valence-corrected chi connectivity index (χ2v) is 11.0. The van der Waals surface area contributed by atoms with Gasteiger partial charge in [-0.05, 0) is 72.6 Å². The van der Waals surface area contributed by atoms with Gasteiger partial charge in [0.25, 0.3) is 0 Å². The topological polar surface area (TPSA) is 67.0 Å². The summed E-state index contributed by atoms with van der Waals surface area (Å²) in [5.74, 6) is -1.55. The van der Waals surface area contributed by atoms with Crippen molar-refractivity contribution in [3.05, 3.63) is 59.4 Å². The normalized spacial score (nSPS) is 18.6. The highest BCUT2D eigenvalue weighted by Crippen LogP contribution is 2.49. The number of aromatic nitrogens is 1. The van der Waals surface area contributed by atoms with Crippen LogP contribution in [0, 0.1) is 23.4 Å². The third-order valence-corrected chi connectivity index (χ3v) is 7.16. The number of aromatic amines is 1. The average molecular weight is 464 g/mol. The Kier molecular flexibility index (Phi) is 6.16. The predicted molar refractivity (Wildman–Crippen MR) is 118 cm³/mol. The van der Waals surface area contributed by atoms with Crippen LogP contribution in [-0.4, -0.2) is 31.2 Å². The molecule has 0 spiro atoms. The van der Waals surface area contributed by atoms with Crippen LogP contribution in [0.5, 0.6) is 0 Å². The molecule has 1 N–H and O–H groups in total. The number of rotatable bonds is 8. The molecule has 1 aliphatic carbocycles. The lowest BCUT2D eigenvalue weighted by molar-refractivity contribution is -0.120. The quantitative estimate of drug-likeness (QED) is 0.478. The zero-order chi connectivity index (χ0) is 23.0. The lowest BCUT2D eigenvalue weighted by atomic mass is 9.68. The summed E-state index contributed by atoms with van der Waals surface area (Å²) in [6.45, 7) is 0. The van der Waals surface area contributed by atoms with Gasteiger partial charge in [0.1, 0.15) is 33.1 Å². The Morgan fingerprint density at radius 1 is 1.06 bits per heavy atom. The molecule has 2 aromatic carbocycles. The lowest BCUT2D eigenvalue weighted by Crippen LogP contribution is -2.25. The number of Topliss-reactive ketones (excluding diaryl/α,β-unsaturated/α-hetero) is 1. The van der Waals surface area contributed by atoms with Gasteiger partial charge >= 0.3 is 0 Å². The summed E-state index contributed by atoms with van der Waals surface area (Å²) in [4.78, 5) is 15.3. The van der Waals surface area contributed by atoms with E-state index in [4.69, 9.17) is 0 Å². The molecule has 0 unspecified atom stereocenters. The minimum absolute atomic E-state index is 0.000467. The fourth-order valence-corrected chi connectivity index (χ4v) is 5.27. The summed E-state index contributed by atoms with van der Waals surface area (Å²) in [5.41, 5.74) is 2.30. The summed E-state index contributed by atoms with van der Waals surface area (Å²) < 4.78 is 64.2. The summed E-state index contributed by atoms with van der Waals surface area (Å²) in [6, 6.07) is 7.97. The molecule has 1 fully saturated rings. The Labute approximate surface area is 184 Å². The molecule has 1 saturated carbocycles. The fraction of sp³-hybridized carbons (Fsp3) is 0.375. The molecule has 1 aliphatic rings. The van der Waals surface area contributed by atoms with Crippen LogP contribution in [0.15, 0.2) is 36.4 Å². The first-order valence-electron chi connectivity index (χ1n) is 10.6. The molecule has 8 heteroatoms. The van der Waals surface area contributed by atoms with E-state index in [1.165, 1.54) is 18.2 Å². The Morgan fingerprint density at radius 3 is 2.41 bits per heavy atom.